The molecule has 1 unspecified atom stereocenters. The largest absolute Gasteiger partial charge is 0.321 e. The van der Waals surface area contributed by atoms with Crippen molar-refractivity contribution in [1.29, 1.82) is 0 Å². The topological polar surface area (TPSA) is 38.9 Å². The maximum Gasteiger partial charge on any atom is 0.0410 e. The van der Waals surface area contributed by atoms with Gasteiger partial charge in [-0.15, -0.1) is 0 Å². The minimum absolute atomic E-state index is 0.136. The lowest BCUT2D eigenvalue weighted by atomic mass is 9.89. The lowest BCUT2D eigenvalue weighted by molar-refractivity contribution is 0.427. The van der Waals surface area contributed by atoms with Crippen LogP contribution in [-0.4, -0.2) is 4.98 Å². The first kappa shape index (κ1) is 7.74. The van der Waals surface area contributed by atoms with E-state index in [1.165, 1.54) is 18.4 Å². The van der Waals surface area contributed by atoms with Crippen LogP contribution in [0.2, 0.25) is 0 Å². The van der Waals surface area contributed by atoms with Gasteiger partial charge in [-0.25, -0.2) is 0 Å². The van der Waals surface area contributed by atoms with Gasteiger partial charge in [0.25, 0.3) is 0 Å². The summed E-state index contributed by atoms with van der Waals surface area (Å²) in [6, 6.07) is 4.02. The minimum atomic E-state index is -0.136. The fourth-order valence-corrected chi connectivity index (χ4v) is 1.63. The Bertz CT molecular complexity index is 262. The highest BCUT2D eigenvalue weighted by molar-refractivity contribution is 5.22. The van der Waals surface area contributed by atoms with Crippen molar-refractivity contribution in [2.75, 3.05) is 0 Å². The Morgan fingerprint density at radius 3 is 2.50 bits per heavy atom. The first-order valence-corrected chi connectivity index (χ1v) is 4.40. The van der Waals surface area contributed by atoms with E-state index in [1.807, 2.05) is 24.5 Å². The molecule has 0 bridgehead atoms. The second kappa shape index (κ2) is 2.56. The third-order valence-electron chi connectivity index (χ3n) is 2.73. The highest BCUT2D eigenvalue weighted by Gasteiger charge is 2.39. The molecule has 0 saturated heterocycles. The van der Waals surface area contributed by atoms with Crippen molar-refractivity contribution in [3.05, 3.63) is 30.1 Å². The number of rotatable bonds is 2. The van der Waals surface area contributed by atoms with Gasteiger partial charge in [0.1, 0.15) is 0 Å². The fourth-order valence-electron chi connectivity index (χ4n) is 1.63. The molecule has 1 aliphatic rings. The molecule has 0 spiro atoms. The maximum absolute atomic E-state index is 6.22. The predicted molar refractivity (Wildman–Crippen MR) is 48.5 cm³/mol. The minimum Gasteiger partial charge on any atom is -0.321 e. The summed E-state index contributed by atoms with van der Waals surface area (Å²) < 4.78 is 0. The molecule has 1 atom stereocenters. The van der Waals surface area contributed by atoms with Gasteiger partial charge in [0.2, 0.25) is 0 Å². The molecule has 0 amide bonds. The highest BCUT2D eigenvalue weighted by atomic mass is 14.8. The summed E-state index contributed by atoms with van der Waals surface area (Å²) in [5.41, 5.74) is 7.29. The van der Waals surface area contributed by atoms with E-state index in [4.69, 9.17) is 5.73 Å². The molecule has 2 heteroatoms. The molecule has 1 heterocycles. The Balaban J connectivity index is 2.28. The average molecular weight is 162 g/mol. The first-order chi connectivity index (χ1) is 5.71. The van der Waals surface area contributed by atoms with E-state index in [-0.39, 0.29) is 5.54 Å². The lowest BCUT2D eigenvalue weighted by Crippen LogP contribution is -2.35. The summed E-state index contributed by atoms with van der Waals surface area (Å²) >= 11 is 0. The van der Waals surface area contributed by atoms with Crippen LogP contribution in [0.5, 0.6) is 0 Å². The number of aromatic nitrogens is 1. The Labute approximate surface area is 72.8 Å². The van der Waals surface area contributed by atoms with Crippen molar-refractivity contribution >= 4 is 0 Å². The Morgan fingerprint density at radius 1 is 1.42 bits per heavy atom. The summed E-state index contributed by atoms with van der Waals surface area (Å²) in [5.74, 6) is 0.680. The van der Waals surface area contributed by atoms with Gasteiger partial charge < -0.3 is 5.73 Å². The van der Waals surface area contributed by atoms with Gasteiger partial charge in [0.15, 0.2) is 0 Å². The van der Waals surface area contributed by atoms with Crippen molar-refractivity contribution < 1.29 is 0 Å². The summed E-state index contributed by atoms with van der Waals surface area (Å²) in [6.45, 7) is 2.11. The molecule has 1 fully saturated rings. The predicted octanol–water partition coefficient (Wildman–Crippen LogP) is 1.67. The average Bonchev–Trinajstić information content (AvgIpc) is 2.88. The maximum atomic E-state index is 6.22. The van der Waals surface area contributed by atoms with E-state index in [2.05, 4.69) is 11.9 Å². The molecule has 2 N–H and O–H groups in total. The fraction of sp³-hybridized carbons (Fsp3) is 0.500. The van der Waals surface area contributed by atoms with E-state index >= 15 is 0 Å². The van der Waals surface area contributed by atoms with Crippen LogP contribution in [0, 0.1) is 5.92 Å². The van der Waals surface area contributed by atoms with Crippen molar-refractivity contribution in [3.63, 3.8) is 0 Å². The van der Waals surface area contributed by atoms with Gasteiger partial charge in [-0.05, 0) is 43.4 Å². The van der Waals surface area contributed by atoms with Crippen LogP contribution in [0.4, 0.5) is 0 Å². The third kappa shape index (κ3) is 1.23. The molecule has 2 rings (SSSR count). The van der Waals surface area contributed by atoms with Crippen LogP contribution in [-0.2, 0) is 5.54 Å². The number of pyridine rings is 1. The summed E-state index contributed by atoms with van der Waals surface area (Å²) in [6.07, 6.45) is 6.16. The van der Waals surface area contributed by atoms with Crippen LogP contribution < -0.4 is 5.73 Å². The number of nitrogens with zero attached hydrogens (tertiary/aromatic N) is 1. The molecule has 0 aromatic carbocycles. The number of nitrogens with two attached hydrogens (primary N) is 1. The van der Waals surface area contributed by atoms with Gasteiger partial charge in [-0.3, -0.25) is 4.98 Å². The molecule has 12 heavy (non-hydrogen) atoms. The normalized spacial score (nSPS) is 21.8. The van der Waals surface area contributed by atoms with E-state index in [9.17, 15) is 0 Å². The molecule has 0 radical (unpaired) electrons. The van der Waals surface area contributed by atoms with Crippen LogP contribution in [0.1, 0.15) is 25.3 Å². The summed E-state index contributed by atoms with van der Waals surface area (Å²) in [4.78, 5) is 3.98. The molecule has 64 valence electrons. The molecule has 1 aromatic heterocycles. The van der Waals surface area contributed by atoms with Crippen LogP contribution >= 0.6 is 0 Å². The quantitative estimate of drug-likeness (QED) is 0.718. The SMILES string of the molecule is CC(N)(c1ccncc1)C1CC1. The Morgan fingerprint density at radius 2 is 2.00 bits per heavy atom. The summed E-state index contributed by atoms with van der Waals surface area (Å²) in [5, 5.41) is 0. The monoisotopic (exact) mass is 162 g/mol. The number of hydrogen-bond acceptors (Lipinski definition) is 2. The molecule has 2 nitrogen and oxygen atoms in total. The van der Waals surface area contributed by atoms with Crippen molar-refractivity contribution in [2.24, 2.45) is 11.7 Å². The van der Waals surface area contributed by atoms with Gasteiger partial charge in [0.05, 0.1) is 0 Å². The Kier molecular flexibility index (Phi) is 1.65. The van der Waals surface area contributed by atoms with Crippen LogP contribution in [0.15, 0.2) is 24.5 Å². The van der Waals surface area contributed by atoms with Gasteiger partial charge in [-0.2, -0.15) is 0 Å². The van der Waals surface area contributed by atoms with Crippen molar-refractivity contribution in [3.8, 4) is 0 Å². The highest BCUT2D eigenvalue weighted by Crippen LogP contribution is 2.43. The standard InChI is InChI=1S/C10H14N2/c1-10(11,8-2-3-8)9-4-6-12-7-5-9/h4-8H,2-3,11H2,1H3. The van der Waals surface area contributed by atoms with Gasteiger partial charge in [-0.1, -0.05) is 0 Å². The van der Waals surface area contributed by atoms with Gasteiger partial charge in [0, 0.05) is 17.9 Å². The zero-order valence-corrected chi connectivity index (χ0v) is 7.33. The smallest absolute Gasteiger partial charge is 0.0410 e. The lowest BCUT2D eigenvalue weighted by Gasteiger charge is -2.24. The molecule has 1 aromatic rings. The third-order valence-corrected chi connectivity index (χ3v) is 2.73. The van der Waals surface area contributed by atoms with E-state index in [1.54, 1.807) is 0 Å². The van der Waals surface area contributed by atoms with Crippen LogP contribution in [0.3, 0.4) is 0 Å². The molecule has 0 aliphatic heterocycles. The molecular weight excluding hydrogens is 148 g/mol. The van der Waals surface area contributed by atoms with E-state index < -0.39 is 0 Å². The molecular formula is C10H14N2. The molecule has 1 aliphatic carbocycles. The zero-order chi connectivity index (χ0) is 8.60. The first-order valence-electron chi connectivity index (χ1n) is 4.40. The van der Waals surface area contributed by atoms with Crippen LogP contribution in [0.25, 0.3) is 0 Å². The van der Waals surface area contributed by atoms with E-state index in [0.29, 0.717) is 5.92 Å². The Hall–Kier alpha value is -0.890. The van der Waals surface area contributed by atoms with Gasteiger partial charge >= 0.3 is 0 Å². The zero-order valence-electron chi connectivity index (χ0n) is 7.33. The number of hydrogen-bond donors (Lipinski definition) is 1. The summed E-state index contributed by atoms with van der Waals surface area (Å²) in [7, 11) is 0. The van der Waals surface area contributed by atoms with E-state index in [0.717, 1.165) is 0 Å². The second-order valence-corrected chi connectivity index (χ2v) is 3.79. The van der Waals surface area contributed by atoms with Crippen molar-refractivity contribution in [1.82, 2.24) is 4.98 Å². The van der Waals surface area contributed by atoms with Crippen molar-refractivity contribution in [2.45, 2.75) is 25.3 Å². The second-order valence-electron chi connectivity index (χ2n) is 3.79. The molecule has 1 saturated carbocycles.